The van der Waals surface area contributed by atoms with E-state index in [4.69, 9.17) is 0 Å². The van der Waals surface area contributed by atoms with E-state index in [0.717, 1.165) is 13.1 Å². The molecule has 0 spiro atoms. The summed E-state index contributed by atoms with van der Waals surface area (Å²) in [6, 6.07) is 13.2. The fourth-order valence-corrected chi connectivity index (χ4v) is 5.53. The summed E-state index contributed by atoms with van der Waals surface area (Å²) in [5, 5.41) is 7.23. The van der Waals surface area contributed by atoms with Gasteiger partial charge in [-0.15, -0.1) is 11.3 Å². The molecule has 2 aromatic carbocycles. The van der Waals surface area contributed by atoms with Crippen LogP contribution in [0.3, 0.4) is 0 Å². The molecule has 1 aliphatic heterocycles. The van der Waals surface area contributed by atoms with Crippen molar-refractivity contribution in [2.75, 3.05) is 19.6 Å². The van der Waals surface area contributed by atoms with E-state index in [9.17, 15) is 0 Å². The molecule has 0 N–H and O–H groups in total. The molecule has 3 nitrogen and oxygen atoms in total. The predicted octanol–water partition coefficient (Wildman–Crippen LogP) is 5.78. The highest BCUT2D eigenvalue weighted by Crippen LogP contribution is 2.39. The van der Waals surface area contributed by atoms with Gasteiger partial charge in [-0.25, -0.2) is 0 Å². The third kappa shape index (κ3) is 2.98. The van der Waals surface area contributed by atoms with Crippen LogP contribution in [0.4, 0.5) is 0 Å². The van der Waals surface area contributed by atoms with Crippen molar-refractivity contribution in [2.45, 2.75) is 19.4 Å². The Morgan fingerprint density at radius 2 is 1.88 bits per heavy atom. The predicted molar refractivity (Wildman–Crippen MR) is 114 cm³/mol. The van der Waals surface area contributed by atoms with Crippen LogP contribution in [-0.4, -0.2) is 34.3 Å². The molecular weight excluding hydrogens is 406 g/mol. The van der Waals surface area contributed by atoms with E-state index in [2.05, 4.69) is 73.2 Å². The van der Waals surface area contributed by atoms with Gasteiger partial charge in [0.2, 0.25) is 0 Å². The van der Waals surface area contributed by atoms with E-state index in [1.165, 1.54) is 61.7 Å². The molecule has 1 fully saturated rings. The first kappa shape index (κ1) is 16.5. The Morgan fingerprint density at radius 1 is 1.00 bits per heavy atom. The molecule has 0 amide bonds. The van der Waals surface area contributed by atoms with Crippen LogP contribution in [0.15, 0.2) is 53.3 Å². The van der Waals surface area contributed by atoms with Crippen LogP contribution in [0.5, 0.6) is 0 Å². The lowest BCUT2D eigenvalue weighted by atomic mass is 10.1. The summed E-state index contributed by atoms with van der Waals surface area (Å²) in [7, 11) is 0. The Balaban J connectivity index is 1.45. The van der Waals surface area contributed by atoms with Gasteiger partial charge in [0.25, 0.3) is 0 Å². The van der Waals surface area contributed by atoms with Crippen molar-refractivity contribution in [3.05, 3.63) is 53.3 Å². The highest BCUT2D eigenvalue weighted by Gasteiger charge is 2.12. The Kier molecular flexibility index (Phi) is 4.31. The van der Waals surface area contributed by atoms with Gasteiger partial charge in [0.05, 0.1) is 12.7 Å². The zero-order valence-corrected chi connectivity index (χ0v) is 16.9. The van der Waals surface area contributed by atoms with Crippen molar-refractivity contribution in [1.82, 2.24) is 14.7 Å². The standard InChI is InChI=1S/C21H20BrN3S/c22-19-5-3-4-17-18-12-15(6-7-20(18)26-21(17)19)16-13-23-25(14-16)11-10-24-8-1-2-9-24/h3-7,12-14H,1-2,8-11H2. The van der Waals surface area contributed by atoms with Gasteiger partial charge in [0, 0.05) is 43.0 Å². The Bertz CT molecular complexity index is 1080. The third-order valence-corrected chi connectivity index (χ3v) is 7.40. The summed E-state index contributed by atoms with van der Waals surface area (Å²) >= 11 is 5.53. The molecule has 2 aromatic heterocycles. The molecule has 5 rings (SSSR count). The zero-order chi connectivity index (χ0) is 17.5. The number of halogens is 1. The van der Waals surface area contributed by atoms with Crippen LogP contribution >= 0.6 is 27.3 Å². The van der Waals surface area contributed by atoms with Crippen molar-refractivity contribution in [2.24, 2.45) is 0 Å². The van der Waals surface area contributed by atoms with E-state index < -0.39 is 0 Å². The second kappa shape index (κ2) is 6.80. The molecule has 132 valence electrons. The molecule has 5 heteroatoms. The quantitative estimate of drug-likeness (QED) is 0.413. The number of aromatic nitrogens is 2. The minimum absolute atomic E-state index is 0.969. The summed E-state index contributed by atoms with van der Waals surface area (Å²) in [5.74, 6) is 0. The van der Waals surface area contributed by atoms with E-state index in [0.29, 0.717) is 0 Å². The molecule has 3 heterocycles. The van der Waals surface area contributed by atoms with Crippen molar-refractivity contribution >= 4 is 47.4 Å². The summed E-state index contributed by atoms with van der Waals surface area (Å²) in [6.45, 7) is 4.55. The highest BCUT2D eigenvalue weighted by molar-refractivity contribution is 9.10. The third-order valence-electron chi connectivity index (χ3n) is 5.26. The van der Waals surface area contributed by atoms with Gasteiger partial charge in [0.1, 0.15) is 0 Å². The van der Waals surface area contributed by atoms with Gasteiger partial charge >= 0.3 is 0 Å². The zero-order valence-electron chi connectivity index (χ0n) is 14.5. The van der Waals surface area contributed by atoms with Crippen molar-refractivity contribution < 1.29 is 0 Å². The number of nitrogens with zero attached hydrogens (tertiary/aromatic N) is 3. The normalized spacial score (nSPS) is 15.4. The van der Waals surface area contributed by atoms with E-state index in [-0.39, 0.29) is 0 Å². The van der Waals surface area contributed by atoms with Gasteiger partial charge in [-0.3, -0.25) is 4.68 Å². The van der Waals surface area contributed by atoms with E-state index >= 15 is 0 Å². The lowest BCUT2D eigenvalue weighted by molar-refractivity contribution is 0.316. The minimum atomic E-state index is 0.969. The molecule has 0 radical (unpaired) electrons. The summed E-state index contributed by atoms with van der Waals surface area (Å²) < 4.78 is 5.91. The maximum absolute atomic E-state index is 4.58. The fraction of sp³-hybridized carbons (Fsp3) is 0.286. The first-order chi connectivity index (χ1) is 12.8. The lowest BCUT2D eigenvalue weighted by Gasteiger charge is -2.13. The van der Waals surface area contributed by atoms with Crippen LogP contribution in [0.1, 0.15) is 12.8 Å². The largest absolute Gasteiger partial charge is 0.301 e. The number of benzene rings is 2. The molecular formula is C21H20BrN3S. The van der Waals surface area contributed by atoms with Crippen LogP contribution in [0.2, 0.25) is 0 Å². The minimum Gasteiger partial charge on any atom is -0.301 e. The van der Waals surface area contributed by atoms with Crippen LogP contribution in [-0.2, 0) is 6.54 Å². The number of thiophene rings is 1. The van der Waals surface area contributed by atoms with Gasteiger partial charge in [-0.1, -0.05) is 18.2 Å². The topological polar surface area (TPSA) is 21.1 Å². The lowest BCUT2D eigenvalue weighted by Crippen LogP contribution is -2.24. The number of hydrogen-bond donors (Lipinski definition) is 0. The number of rotatable bonds is 4. The van der Waals surface area contributed by atoms with Crippen LogP contribution in [0.25, 0.3) is 31.3 Å². The van der Waals surface area contributed by atoms with Gasteiger partial charge in [-0.05, 0) is 65.6 Å². The highest BCUT2D eigenvalue weighted by atomic mass is 79.9. The summed E-state index contributed by atoms with van der Waals surface area (Å²) in [4.78, 5) is 2.53. The van der Waals surface area contributed by atoms with Crippen molar-refractivity contribution in [1.29, 1.82) is 0 Å². The van der Waals surface area contributed by atoms with E-state index in [1.807, 2.05) is 17.5 Å². The maximum Gasteiger partial charge on any atom is 0.0568 e. The Hall–Kier alpha value is -1.69. The Labute approximate surface area is 165 Å². The molecule has 0 bridgehead atoms. The molecule has 26 heavy (non-hydrogen) atoms. The average Bonchev–Trinajstić information content (AvgIpc) is 3.39. The average molecular weight is 426 g/mol. The number of hydrogen-bond acceptors (Lipinski definition) is 3. The number of likely N-dealkylation sites (tertiary alicyclic amines) is 1. The van der Waals surface area contributed by atoms with Gasteiger partial charge < -0.3 is 4.90 Å². The first-order valence-electron chi connectivity index (χ1n) is 9.14. The van der Waals surface area contributed by atoms with Gasteiger partial charge in [-0.2, -0.15) is 5.10 Å². The molecule has 1 saturated heterocycles. The van der Waals surface area contributed by atoms with Gasteiger partial charge in [0.15, 0.2) is 0 Å². The SMILES string of the molecule is Brc1cccc2c1sc1ccc(-c3cnn(CCN4CCCC4)c3)cc12. The first-order valence-corrected chi connectivity index (χ1v) is 10.7. The maximum atomic E-state index is 4.58. The number of fused-ring (bicyclic) bond motifs is 3. The van der Waals surface area contributed by atoms with Crippen molar-refractivity contribution in [3.8, 4) is 11.1 Å². The molecule has 0 unspecified atom stereocenters. The molecule has 4 aromatic rings. The Morgan fingerprint density at radius 3 is 2.77 bits per heavy atom. The molecule has 1 aliphatic rings. The second-order valence-electron chi connectivity index (χ2n) is 6.97. The molecule has 0 atom stereocenters. The molecule has 0 aliphatic carbocycles. The molecule has 0 saturated carbocycles. The summed E-state index contributed by atoms with van der Waals surface area (Å²) in [5.41, 5.74) is 2.44. The van der Waals surface area contributed by atoms with E-state index in [1.54, 1.807) is 0 Å². The fourth-order valence-electron chi connectivity index (χ4n) is 3.83. The summed E-state index contributed by atoms with van der Waals surface area (Å²) in [6.07, 6.45) is 6.86. The van der Waals surface area contributed by atoms with Crippen LogP contribution in [0, 0.1) is 0 Å². The van der Waals surface area contributed by atoms with Crippen LogP contribution < -0.4 is 0 Å². The van der Waals surface area contributed by atoms with Crippen molar-refractivity contribution in [3.63, 3.8) is 0 Å². The smallest absolute Gasteiger partial charge is 0.0568 e. The monoisotopic (exact) mass is 425 g/mol. The second-order valence-corrected chi connectivity index (χ2v) is 8.88.